The van der Waals surface area contributed by atoms with Gasteiger partial charge in [-0.1, -0.05) is 0 Å². The Balaban J connectivity index is 1.85. The van der Waals surface area contributed by atoms with Gasteiger partial charge in [0.2, 0.25) is 0 Å². The highest BCUT2D eigenvalue weighted by Gasteiger charge is 2.10. The number of carbonyl (C=O) groups excluding carboxylic acids is 1. The standard InChI is InChI=1S/C17H18N4O5S/c1-25-14-8-5-12(15(9-14)26-2)10-18-17(27)20-19-16(22)11-3-6-13(7-4-11)21(23)24/h3-9H,10H2,1-2H3,(H,19,22)(H2,18,20,27). The van der Waals surface area contributed by atoms with Crippen molar-refractivity contribution in [2.45, 2.75) is 6.54 Å². The van der Waals surface area contributed by atoms with Crippen molar-refractivity contribution in [1.82, 2.24) is 16.2 Å². The summed E-state index contributed by atoms with van der Waals surface area (Å²) in [6.45, 7) is 0.367. The van der Waals surface area contributed by atoms with Crippen LogP contribution in [0.5, 0.6) is 11.5 Å². The SMILES string of the molecule is COc1ccc(CNC(=S)NNC(=O)c2ccc([N+](=O)[O-])cc2)c(OC)c1. The molecule has 2 aromatic carbocycles. The third-order valence-electron chi connectivity index (χ3n) is 3.56. The van der Waals surface area contributed by atoms with Gasteiger partial charge >= 0.3 is 0 Å². The predicted molar refractivity (Wildman–Crippen MR) is 103 cm³/mol. The lowest BCUT2D eigenvalue weighted by Gasteiger charge is -2.14. The smallest absolute Gasteiger partial charge is 0.269 e. The van der Waals surface area contributed by atoms with E-state index in [0.717, 1.165) is 5.56 Å². The van der Waals surface area contributed by atoms with E-state index in [2.05, 4.69) is 16.2 Å². The molecule has 0 heterocycles. The van der Waals surface area contributed by atoms with Crippen molar-refractivity contribution in [3.8, 4) is 11.5 Å². The number of carbonyl (C=O) groups is 1. The van der Waals surface area contributed by atoms with Crippen LogP contribution in [0.3, 0.4) is 0 Å². The number of rotatable bonds is 6. The minimum Gasteiger partial charge on any atom is -0.497 e. The number of thiocarbonyl (C=S) groups is 1. The average Bonchev–Trinajstić information content (AvgIpc) is 2.70. The van der Waals surface area contributed by atoms with Gasteiger partial charge in [0, 0.05) is 35.9 Å². The van der Waals surface area contributed by atoms with E-state index in [9.17, 15) is 14.9 Å². The molecule has 3 N–H and O–H groups in total. The Bertz CT molecular complexity index is 842. The van der Waals surface area contributed by atoms with E-state index in [1.807, 2.05) is 6.07 Å². The molecule has 1 amide bonds. The molecule has 0 aliphatic heterocycles. The summed E-state index contributed by atoms with van der Waals surface area (Å²) in [5, 5.41) is 13.8. The molecule has 0 aromatic heterocycles. The monoisotopic (exact) mass is 390 g/mol. The number of nitro groups is 1. The highest BCUT2D eigenvalue weighted by molar-refractivity contribution is 7.80. The van der Waals surface area contributed by atoms with Crippen molar-refractivity contribution in [1.29, 1.82) is 0 Å². The molecular weight excluding hydrogens is 372 g/mol. The molecule has 0 radical (unpaired) electrons. The molecule has 10 heteroatoms. The first kappa shape index (κ1) is 19.9. The Morgan fingerprint density at radius 2 is 1.81 bits per heavy atom. The number of amides is 1. The van der Waals surface area contributed by atoms with Crippen LogP contribution in [0.15, 0.2) is 42.5 Å². The van der Waals surface area contributed by atoms with Gasteiger partial charge in [0.1, 0.15) is 11.5 Å². The zero-order chi connectivity index (χ0) is 19.8. The quantitative estimate of drug-likeness (QED) is 0.389. The van der Waals surface area contributed by atoms with Gasteiger partial charge in [-0.15, -0.1) is 0 Å². The highest BCUT2D eigenvalue weighted by atomic mass is 32.1. The zero-order valence-corrected chi connectivity index (χ0v) is 15.5. The second kappa shape index (κ2) is 9.34. The van der Waals surface area contributed by atoms with Crippen molar-refractivity contribution in [3.05, 3.63) is 63.7 Å². The maximum Gasteiger partial charge on any atom is 0.269 e. The van der Waals surface area contributed by atoms with Crippen molar-refractivity contribution in [3.63, 3.8) is 0 Å². The summed E-state index contributed by atoms with van der Waals surface area (Å²) in [5.41, 5.74) is 6.00. The third-order valence-corrected chi connectivity index (χ3v) is 3.81. The number of hydrogen-bond donors (Lipinski definition) is 3. The van der Waals surface area contributed by atoms with E-state index < -0.39 is 10.8 Å². The molecule has 0 aliphatic carbocycles. The van der Waals surface area contributed by atoms with Gasteiger partial charge in [-0.2, -0.15) is 0 Å². The van der Waals surface area contributed by atoms with Crippen molar-refractivity contribution in [2.75, 3.05) is 14.2 Å². The molecule has 0 unspecified atom stereocenters. The summed E-state index contributed by atoms with van der Waals surface area (Å²) in [6.07, 6.45) is 0. The van der Waals surface area contributed by atoms with Crippen LogP contribution in [-0.4, -0.2) is 30.2 Å². The zero-order valence-electron chi connectivity index (χ0n) is 14.6. The molecule has 2 aromatic rings. The molecule has 0 saturated carbocycles. The first-order chi connectivity index (χ1) is 12.9. The van der Waals surface area contributed by atoms with Gasteiger partial charge in [-0.3, -0.25) is 25.8 Å². The number of hydrogen-bond acceptors (Lipinski definition) is 6. The number of benzene rings is 2. The second-order valence-corrected chi connectivity index (χ2v) is 5.65. The number of methoxy groups -OCH3 is 2. The van der Waals surface area contributed by atoms with Crippen molar-refractivity contribution in [2.24, 2.45) is 0 Å². The number of nitrogens with one attached hydrogen (secondary N) is 3. The topological polar surface area (TPSA) is 115 Å². The molecule has 0 spiro atoms. The van der Waals surface area contributed by atoms with Gasteiger partial charge < -0.3 is 14.8 Å². The minimum atomic E-state index is -0.535. The van der Waals surface area contributed by atoms with Crippen LogP contribution in [-0.2, 0) is 6.54 Å². The summed E-state index contributed by atoms with van der Waals surface area (Å²) < 4.78 is 10.4. The molecule has 0 aliphatic rings. The Morgan fingerprint density at radius 3 is 2.41 bits per heavy atom. The van der Waals surface area contributed by atoms with Gasteiger partial charge in [0.15, 0.2) is 5.11 Å². The summed E-state index contributed by atoms with van der Waals surface area (Å²) >= 11 is 5.11. The predicted octanol–water partition coefficient (Wildman–Crippen LogP) is 1.92. The van der Waals surface area contributed by atoms with E-state index in [1.165, 1.54) is 24.3 Å². The van der Waals surface area contributed by atoms with Crippen LogP contribution in [0, 0.1) is 10.1 Å². The second-order valence-electron chi connectivity index (χ2n) is 5.24. The fourth-order valence-corrected chi connectivity index (χ4v) is 2.26. The van der Waals surface area contributed by atoms with E-state index in [-0.39, 0.29) is 16.4 Å². The normalized spacial score (nSPS) is 9.85. The molecule has 27 heavy (non-hydrogen) atoms. The lowest BCUT2D eigenvalue weighted by molar-refractivity contribution is -0.384. The molecule has 0 bridgehead atoms. The fourth-order valence-electron chi connectivity index (χ4n) is 2.14. The van der Waals surface area contributed by atoms with Gasteiger partial charge in [-0.05, 0) is 36.5 Å². The van der Waals surface area contributed by atoms with Crippen LogP contribution in [0.1, 0.15) is 15.9 Å². The first-order valence-electron chi connectivity index (χ1n) is 7.74. The summed E-state index contributed by atoms with van der Waals surface area (Å²) in [7, 11) is 3.12. The van der Waals surface area contributed by atoms with Crippen LogP contribution in [0.2, 0.25) is 0 Å². The minimum absolute atomic E-state index is 0.0925. The molecule has 0 fully saturated rings. The molecule has 2 rings (SSSR count). The Morgan fingerprint density at radius 1 is 1.11 bits per heavy atom. The molecule has 142 valence electrons. The van der Waals surface area contributed by atoms with E-state index in [0.29, 0.717) is 18.0 Å². The van der Waals surface area contributed by atoms with E-state index in [4.69, 9.17) is 21.7 Å². The summed E-state index contributed by atoms with van der Waals surface area (Å²) in [5.74, 6) is 0.835. The summed E-state index contributed by atoms with van der Waals surface area (Å²) in [4.78, 5) is 22.1. The van der Waals surface area contributed by atoms with E-state index >= 15 is 0 Å². The number of nitro benzene ring substituents is 1. The van der Waals surface area contributed by atoms with Crippen LogP contribution in [0.25, 0.3) is 0 Å². The fraction of sp³-hybridized carbons (Fsp3) is 0.176. The number of non-ortho nitro benzene ring substituents is 1. The Hall–Kier alpha value is -3.40. The van der Waals surface area contributed by atoms with Gasteiger partial charge in [0.05, 0.1) is 19.1 Å². The average molecular weight is 390 g/mol. The Labute approximate surface area is 160 Å². The third kappa shape index (κ3) is 5.54. The van der Waals surface area contributed by atoms with E-state index in [1.54, 1.807) is 26.4 Å². The van der Waals surface area contributed by atoms with Gasteiger partial charge in [-0.25, -0.2) is 0 Å². The van der Waals surface area contributed by atoms with Crippen LogP contribution >= 0.6 is 12.2 Å². The lowest BCUT2D eigenvalue weighted by Crippen LogP contribution is -2.46. The largest absolute Gasteiger partial charge is 0.497 e. The molecule has 0 atom stereocenters. The first-order valence-corrected chi connectivity index (χ1v) is 8.15. The molecule has 0 saturated heterocycles. The molecule has 9 nitrogen and oxygen atoms in total. The maximum absolute atomic E-state index is 12.0. The van der Waals surface area contributed by atoms with Crippen LogP contribution in [0.4, 0.5) is 5.69 Å². The number of nitrogens with zero attached hydrogens (tertiary/aromatic N) is 1. The number of hydrazine groups is 1. The van der Waals surface area contributed by atoms with Crippen molar-refractivity contribution >= 4 is 28.9 Å². The maximum atomic E-state index is 12.0. The number of ether oxygens (including phenoxy) is 2. The summed E-state index contributed by atoms with van der Waals surface area (Å²) in [6, 6.07) is 10.6. The highest BCUT2D eigenvalue weighted by Crippen LogP contribution is 2.24. The van der Waals surface area contributed by atoms with Crippen molar-refractivity contribution < 1.29 is 19.2 Å². The van der Waals surface area contributed by atoms with Gasteiger partial charge in [0.25, 0.3) is 11.6 Å². The molecular formula is C17H18N4O5S. The lowest BCUT2D eigenvalue weighted by atomic mass is 10.2. The van der Waals surface area contributed by atoms with Crippen LogP contribution < -0.4 is 25.6 Å². The Kier molecular flexibility index (Phi) is 6.89.